The van der Waals surface area contributed by atoms with Crippen LogP contribution in [0.1, 0.15) is 23.6 Å². The molecule has 4 nitrogen and oxygen atoms in total. The molecule has 2 N–H and O–H groups in total. The van der Waals surface area contributed by atoms with E-state index in [1.54, 1.807) is 17.0 Å². The van der Waals surface area contributed by atoms with Gasteiger partial charge in [0.2, 0.25) is 5.91 Å². The van der Waals surface area contributed by atoms with Crippen molar-refractivity contribution < 1.29 is 13.6 Å². The van der Waals surface area contributed by atoms with E-state index in [0.29, 0.717) is 17.9 Å². The molecule has 3 rings (SSSR count). The first kappa shape index (κ1) is 15.4. The number of benzene rings is 1. The van der Waals surface area contributed by atoms with Crippen molar-refractivity contribution in [3.63, 3.8) is 0 Å². The Kier molecular flexibility index (Phi) is 3.98. The van der Waals surface area contributed by atoms with Crippen LogP contribution < -0.4 is 10.6 Å². The zero-order chi connectivity index (χ0) is 16.4. The van der Waals surface area contributed by atoms with Crippen molar-refractivity contribution in [1.82, 2.24) is 4.98 Å². The van der Waals surface area contributed by atoms with Crippen LogP contribution in [-0.4, -0.2) is 29.9 Å². The highest BCUT2D eigenvalue weighted by Crippen LogP contribution is 2.31. The number of primary amides is 1. The van der Waals surface area contributed by atoms with Gasteiger partial charge >= 0.3 is 0 Å². The Morgan fingerprint density at radius 3 is 2.48 bits per heavy atom. The molecule has 1 unspecified atom stereocenters. The summed E-state index contributed by atoms with van der Waals surface area (Å²) in [7, 11) is 0. The Morgan fingerprint density at radius 1 is 1.22 bits per heavy atom. The average Bonchev–Trinajstić information content (AvgIpc) is 2.89. The maximum Gasteiger partial charge on any atom is 0.266 e. The van der Waals surface area contributed by atoms with Crippen LogP contribution in [-0.2, 0) is 4.79 Å². The Bertz CT molecular complexity index is 689. The van der Waals surface area contributed by atoms with Crippen molar-refractivity contribution >= 4 is 11.6 Å². The minimum Gasteiger partial charge on any atom is -0.369 e. The number of aromatic nitrogens is 1. The Morgan fingerprint density at radius 2 is 1.96 bits per heavy atom. The van der Waals surface area contributed by atoms with E-state index in [-0.39, 0.29) is 13.0 Å². The van der Waals surface area contributed by atoms with Crippen LogP contribution in [0.5, 0.6) is 0 Å². The quantitative estimate of drug-likeness (QED) is 0.943. The summed E-state index contributed by atoms with van der Waals surface area (Å²) in [6, 6.07) is 12.5. The number of rotatable bonds is 4. The third-order valence-electron chi connectivity index (χ3n) is 4.02. The van der Waals surface area contributed by atoms with E-state index >= 15 is 0 Å². The smallest absolute Gasteiger partial charge is 0.266 e. The second kappa shape index (κ2) is 5.95. The van der Waals surface area contributed by atoms with Crippen molar-refractivity contribution in [3.05, 3.63) is 59.9 Å². The largest absolute Gasteiger partial charge is 0.369 e. The van der Waals surface area contributed by atoms with Crippen LogP contribution in [0.4, 0.5) is 14.5 Å². The maximum absolute atomic E-state index is 13.3. The highest BCUT2D eigenvalue weighted by atomic mass is 19.3. The van der Waals surface area contributed by atoms with Gasteiger partial charge in [-0.3, -0.25) is 9.78 Å². The van der Waals surface area contributed by atoms with Gasteiger partial charge in [0.1, 0.15) is 5.92 Å². The number of anilines is 1. The molecule has 120 valence electrons. The molecule has 0 saturated carbocycles. The normalized spacial score (nSPS) is 17.9. The van der Waals surface area contributed by atoms with Crippen molar-refractivity contribution in [2.45, 2.75) is 18.3 Å². The third kappa shape index (κ3) is 3.31. The predicted octanol–water partition coefficient (Wildman–Crippen LogP) is 2.54. The van der Waals surface area contributed by atoms with Gasteiger partial charge in [-0.2, -0.15) is 0 Å². The first-order valence-corrected chi connectivity index (χ1v) is 7.39. The van der Waals surface area contributed by atoms with E-state index < -0.39 is 17.7 Å². The highest BCUT2D eigenvalue weighted by Gasteiger charge is 2.38. The predicted molar refractivity (Wildman–Crippen MR) is 83.5 cm³/mol. The standard InChI is InChI=1S/C17H17F2N3O/c18-17(19)8-9-22(11-17)13-6-7-14(21-10-13)15(16(20)23)12-4-2-1-3-5-12/h1-7,10,15H,8-9,11H2,(H2,20,23). The summed E-state index contributed by atoms with van der Waals surface area (Å²) in [6.07, 6.45) is 1.37. The summed E-state index contributed by atoms with van der Waals surface area (Å²) < 4.78 is 26.6. The fraction of sp³-hybridized carbons (Fsp3) is 0.294. The molecule has 2 aromatic rings. The van der Waals surface area contributed by atoms with E-state index in [1.807, 2.05) is 30.3 Å². The summed E-state index contributed by atoms with van der Waals surface area (Å²) in [6.45, 7) is -0.00206. The number of carbonyl (C=O) groups excluding carboxylic acids is 1. The number of nitrogens with zero attached hydrogens (tertiary/aromatic N) is 2. The molecule has 0 spiro atoms. The second-order valence-electron chi connectivity index (χ2n) is 5.71. The molecule has 0 bridgehead atoms. The minimum atomic E-state index is -2.65. The molecule has 1 aliphatic heterocycles. The van der Waals surface area contributed by atoms with E-state index in [2.05, 4.69) is 4.98 Å². The molecule has 1 aliphatic rings. The number of pyridine rings is 1. The lowest BCUT2D eigenvalue weighted by Crippen LogP contribution is -2.25. The molecule has 0 radical (unpaired) electrons. The van der Waals surface area contributed by atoms with Gasteiger partial charge in [-0.25, -0.2) is 8.78 Å². The van der Waals surface area contributed by atoms with Gasteiger partial charge < -0.3 is 10.6 Å². The molecule has 1 fully saturated rings. The topological polar surface area (TPSA) is 59.2 Å². The molecular weight excluding hydrogens is 300 g/mol. The minimum absolute atomic E-state index is 0.150. The van der Waals surface area contributed by atoms with Gasteiger partial charge in [0.15, 0.2) is 0 Å². The SMILES string of the molecule is NC(=O)C(c1ccccc1)c1ccc(N2CCC(F)(F)C2)cn1. The molecule has 23 heavy (non-hydrogen) atoms. The fourth-order valence-electron chi connectivity index (χ4n) is 2.84. The lowest BCUT2D eigenvalue weighted by Gasteiger charge is -2.19. The number of nitrogens with two attached hydrogens (primary N) is 1. The summed E-state index contributed by atoms with van der Waals surface area (Å²) in [4.78, 5) is 17.7. The van der Waals surface area contributed by atoms with Crippen molar-refractivity contribution in [2.75, 3.05) is 18.0 Å². The van der Waals surface area contributed by atoms with Crippen LogP contribution in [0.2, 0.25) is 0 Å². The average molecular weight is 317 g/mol. The van der Waals surface area contributed by atoms with Gasteiger partial charge in [-0.05, 0) is 17.7 Å². The van der Waals surface area contributed by atoms with Gasteiger partial charge in [-0.1, -0.05) is 30.3 Å². The number of alkyl halides is 2. The first-order chi connectivity index (χ1) is 11.0. The Balaban J connectivity index is 1.84. The number of hydrogen-bond acceptors (Lipinski definition) is 3. The summed E-state index contributed by atoms with van der Waals surface area (Å²) in [5.41, 5.74) is 7.40. The summed E-state index contributed by atoms with van der Waals surface area (Å²) in [5.74, 6) is -3.80. The number of halogens is 2. The fourth-order valence-corrected chi connectivity index (χ4v) is 2.84. The lowest BCUT2D eigenvalue weighted by molar-refractivity contribution is -0.118. The van der Waals surface area contributed by atoms with Crippen molar-refractivity contribution in [2.24, 2.45) is 5.73 Å². The molecular formula is C17H17F2N3O. The van der Waals surface area contributed by atoms with Gasteiger partial charge in [0.05, 0.1) is 24.1 Å². The van der Waals surface area contributed by atoms with Crippen LogP contribution in [0, 0.1) is 0 Å². The second-order valence-corrected chi connectivity index (χ2v) is 5.71. The molecule has 1 amide bonds. The first-order valence-electron chi connectivity index (χ1n) is 7.39. The number of carbonyl (C=O) groups is 1. The molecule has 1 atom stereocenters. The number of hydrogen-bond donors (Lipinski definition) is 1. The van der Waals surface area contributed by atoms with Crippen LogP contribution in [0.15, 0.2) is 48.7 Å². The zero-order valence-electron chi connectivity index (χ0n) is 12.5. The molecule has 6 heteroatoms. The van der Waals surface area contributed by atoms with Gasteiger partial charge in [-0.15, -0.1) is 0 Å². The van der Waals surface area contributed by atoms with Crippen LogP contribution in [0.3, 0.4) is 0 Å². The van der Waals surface area contributed by atoms with E-state index in [9.17, 15) is 13.6 Å². The third-order valence-corrected chi connectivity index (χ3v) is 4.02. The van der Waals surface area contributed by atoms with Crippen molar-refractivity contribution in [1.29, 1.82) is 0 Å². The summed E-state index contributed by atoms with van der Waals surface area (Å²) >= 11 is 0. The molecule has 1 aromatic heterocycles. The monoisotopic (exact) mass is 317 g/mol. The molecule has 2 heterocycles. The van der Waals surface area contributed by atoms with Crippen molar-refractivity contribution in [3.8, 4) is 0 Å². The lowest BCUT2D eigenvalue weighted by atomic mass is 9.94. The Labute approximate surface area is 132 Å². The van der Waals surface area contributed by atoms with Crippen LogP contribution >= 0.6 is 0 Å². The van der Waals surface area contributed by atoms with E-state index in [1.165, 1.54) is 6.20 Å². The highest BCUT2D eigenvalue weighted by molar-refractivity contribution is 5.85. The molecule has 0 aliphatic carbocycles. The Hall–Kier alpha value is -2.50. The van der Waals surface area contributed by atoms with Gasteiger partial charge in [0, 0.05) is 13.0 Å². The van der Waals surface area contributed by atoms with E-state index in [0.717, 1.165) is 5.56 Å². The summed E-state index contributed by atoms with van der Waals surface area (Å²) in [5, 5.41) is 0. The number of amides is 1. The maximum atomic E-state index is 13.3. The molecule has 1 aromatic carbocycles. The van der Waals surface area contributed by atoms with E-state index in [4.69, 9.17) is 5.73 Å². The zero-order valence-corrected chi connectivity index (χ0v) is 12.5. The molecule has 1 saturated heterocycles. The van der Waals surface area contributed by atoms with Gasteiger partial charge in [0.25, 0.3) is 5.92 Å². The van der Waals surface area contributed by atoms with Crippen LogP contribution in [0.25, 0.3) is 0 Å².